The van der Waals surface area contributed by atoms with Gasteiger partial charge in [0.05, 0.1) is 29.2 Å². The molecule has 4 rings (SSSR count). The highest BCUT2D eigenvalue weighted by atomic mass is 19.1. The number of nitrogens with zero attached hydrogens (tertiary/aromatic N) is 4. The summed E-state index contributed by atoms with van der Waals surface area (Å²) in [4.78, 5) is 25.4. The zero-order chi connectivity index (χ0) is 25.7. The first-order valence-electron chi connectivity index (χ1n) is 11.1. The molecule has 0 unspecified atom stereocenters. The number of nitrogens with one attached hydrogen (secondary N) is 1. The largest absolute Gasteiger partial charge is 0.382 e. The Balaban J connectivity index is 1.51. The Kier molecular flexibility index (Phi) is 7.25. The molecule has 0 fully saturated rings. The van der Waals surface area contributed by atoms with Crippen LogP contribution in [-0.2, 0) is 6.54 Å². The first kappa shape index (κ1) is 24.4. The second-order valence-electron chi connectivity index (χ2n) is 8.31. The van der Waals surface area contributed by atoms with Crippen LogP contribution in [0.15, 0.2) is 67.1 Å². The van der Waals surface area contributed by atoms with Crippen LogP contribution in [0.3, 0.4) is 0 Å². The lowest BCUT2D eigenvalue weighted by Crippen LogP contribution is -2.12. The van der Waals surface area contributed by atoms with Gasteiger partial charge in [-0.1, -0.05) is 25.1 Å². The number of hydrogen-bond donors (Lipinski definition) is 2. The van der Waals surface area contributed by atoms with Crippen LogP contribution >= 0.6 is 0 Å². The molecule has 0 bridgehead atoms. The number of rotatable bonds is 8. The van der Waals surface area contributed by atoms with E-state index in [1.54, 1.807) is 24.3 Å². The topological polar surface area (TPSA) is 118 Å². The molecular formula is C27H22F2N6O. The van der Waals surface area contributed by atoms with Crippen LogP contribution in [0.4, 0.5) is 20.4 Å². The third kappa shape index (κ3) is 5.67. The van der Waals surface area contributed by atoms with E-state index in [0.717, 1.165) is 5.56 Å². The van der Waals surface area contributed by atoms with E-state index in [0.29, 0.717) is 17.1 Å². The lowest BCUT2D eigenvalue weighted by atomic mass is 9.93. The molecule has 9 heteroatoms. The van der Waals surface area contributed by atoms with Crippen molar-refractivity contribution in [1.29, 1.82) is 5.26 Å². The zero-order valence-corrected chi connectivity index (χ0v) is 19.4. The Bertz CT molecular complexity index is 1430. The predicted octanol–water partition coefficient (Wildman–Crippen LogP) is 5.26. The second kappa shape index (κ2) is 10.7. The average Bonchev–Trinajstić information content (AvgIpc) is 2.88. The lowest BCUT2D eigenvalue weighted by Gasteiger charge is -2.14. The second-order valence-corrected chi connectivity index (χ2v) is 8.31. The van der Waals surface area contributed by atoms with Gasteiger partial charge in [-0.05, 0) is 47.4 Å². The van der Waals surface area contributed by atoms with Crippen molar-refractivity contribution in [1.82, 2.24) is 15.0 Å². The van der Waals surface area contributed by atoms with E-state index in [1.165, 1.54) is 42.9 Å². The zero-order valence-electron chi connectivity index (χ0n) is 19.4. The van der Waals surface area contributed by atoms with Crippen molar-refractivity contribution in [3.05, 3.63) is 101 Å². The fourth-order valence-electron chi connectivity index (χ4n) is 3.72. The molecule has 0 aliphatic carbocycles. The maximum absolute atomic E-state index is 14.7. The van der Waals surface area contributed by atoms with Gasteiger partial charge in [-0.3, -0.25) is 9.78 Å². The van der Waals surface area contributed by atoms with Crippen molar-refractivity contribution in [2.45, 2.75) is 25.8 Å². The molecule has 2 aromatic carbocycles. The molecule has 0 aliphatic heterocycles. The van der Waals surface area contributed by atoms with Gasteiger partial charge in [-0.2, -0.15) is 5.26 Å². The van der Waals surface area contributed by atoms with Gasteiger partial charge in [0.2, 0.25) is 0 Å². The van der Waals surface area contributed by atoms with Crippen LogP contribution < -0.4 is 11.1 Å². The highest BCUT2D eigenvalue weighted by Crippen LogP contribution is 2.26. The number of benzene rings is 2. The predicted molar refractivity (Wildman–Crippen MR) is 132 cm³/mol. The Labute approximate surface area is 206 Å². The molecule has 36 heavy (non-hydrogen) atoms. The summed E-state index contributed by atoms with van der Waals surface area (Å²) in [6, 6.07) is 14.2. The summed E-state index contributed by atoms with van der Waals surface area (Å²) < 4.78 is 28.0. The van der Waals surface area contributed by atoms with Gasteiger partial charge in [0.1, 0.15) is 29.3 Å². The fourth-order valence-corrected chi connectivity index (χ4v) is 3.72. The van der Waals surface area contributed by atoms with Gasteiger partial charge >= 0.3 is 0 Å². The molecule has 0 aliphatic rings. The number of nitrogens with two attached hydrogens (primary N) is 1. The highest BCUT2D eigenvalue weighted by molar-refractivity contribution is 6.01. The van der Waals surface area contributed by atoms with E-state index in [-0.39, 0.29) is 53.0 Å². The molecular weight excluding hydrogens is 462 g/mol. The van der Waals surface area contributed by atoms with Crippen LogP contribution in [0.5, 0.6) is 0 Å². The SMILES string of the molecule is C[C@H](CC(=O)c1cc(C#N)cnc1NCc1ccc(-c2cnc(N)cn2)c(F)c1)c1ccc(F)cc1. The number of nitriles is 1. The maximum Gasteiger partial charge on any atom is 0.167 e. The fraction of sp³-hybridized carbons (Fsp3) is 0.148. The van der Waals surface area contributed by atoms with Gasteiger partial charge in [0.25, 0.3) is 0 Å². The summed E-state index contributed by atoms with van der Waals surface area (Å²) in [6.07, 6.45) is 4.27. The molecule has 3 N–H and O–H groups in total. The van der Waals surface area contributed by atoms with E-state index in [1.807, 2.05) is 13.0 Å². The summed E-state index contributed by atoms with van der Waals surface area (Å²) in [5.74, 6) is -0.685. The summed E-state index contributed by atoms with van der Waals surface area (Å²) in [5.41, 5.74) is 8.13. The number of ketones is 1. The molecule has 1 atom stereocenters. The number of hydrogen-bond acceptors (Lipinski definition) is 7. The molecule has 0 spiro atoms. The summed E-state index contributed by atoms with van der Waals surface area (Å²) in [6.45, 7) is 2.06. The minimum atomic E-state index is -0.481. The van der Waals surface area contributed by atoms with Crippen molar-refractivity contribution >= 4 is 17.4 Å². The van der Waals surface area contributed by atoms with Crippen LogP contribution in [-0.4, -0.2) is 20.7 Å². The smallest absolute Gasteiger partial charge is 0.167 e. The van der Waals surface area contributed by atoms with Gasteiger partial charge in [0, 0.05) is 24.7 Å². The van der Waals surface area contributed by atoms with Crippen LogP contribution in [0.1, 0.15) is 46.3 Å². The Hall–Kier alpha value is -4.71. The third-order valence-corrected chi connectivity index (χ3v) is 5.69. The molecule has 180 valence electrons. The summed E-state index contributed by atoms with van der Waals surface area (Å²) in [7, 11) is 0. The van der Waals surface area contributed by atoms with E-state index < -0.39 is 5.82 Å². The van der Waals surface area contributed by atoms with Crippen molar-refractivity contribution in [3.63, 3.8) is 0 Å². The van der Waals surface area contributed by atoms with Crippen molar-refractivity contribution in [3.8, 4) is 17.3 Å². The molecule has 2 aromatic heterocycles. The number of carbonyl (C=O) groups excluding carboxylic acids is 1. The standard InChI is InChI=1S/C27H22F2N6O/c1-16(19-3-5-20(28)6-4-19)8-25(36)22-9-18(11-30)13-35-27(22)34-12-17-2-7-21(23(29)10-17)24-14-33-26(31)15-32-24/h2-7,9-10,13-16H,8,12H2,1H3,(H2,31,33)(H,34,35)/t16-/m1/s1. The minimum absolute atomic E-state index is 0.142. The quantitative estimate of drug-likeness (QED) is 0.328. The normalized spacial score (nSPS) is 11.5. The van der Waals surface area contributed by atoms with Crippen molar-refractivity contribution in [2.75, 3.05) is 11.1 Å². The first-order valence-corrected chi connectivity index (χ1v) is 11.1. The average molecular weight is 485 g/mol. The monoisotopic (exact) mass is 484 g/mol. The third-order valence-electron chi connectivity index (χ3n) is 5.69. The van der Waals surface area contributed by atoms with Crippen molar-refractivity contribution < 1.29 is 13.6 Å². The van der Waals surface area contributed by atoms with E-state index in [4.69, 9.17) is 5.73 Å². The number of Topliss-reactive ketones (excluding diaryl/α,β-unsaturated/α-hetero) is 1. The maximum atomic E-state index is 14.7. The molecule has 0 saturated heterocycles. The Morgan fingerprint density at radius 3 is 2.50 bits per heavy atom. The van der Waals surface area contributed by atoms with Crippen molar-refractivity contribution in [2.24, 2.45) is 0 Å². The van der Waals surface area contributed by atoms with Gasteiger partial charge < -0.3 is 11.1 Å². The Morgan fingerprint density at radius 2 is 1.83 bits per heavy atom. The molecule has 7 nitrogen and oxygen atoms in total. The van der Waals surface area contributed by atoms with Crippen LogP contribution in [0.25, 0.3) is 11.3 Å². The van der Waals surface area contributed by atoms with Crippen LogP contribution in [0, 0.1) is 23.0 Å². The molecule has 4 aromatic rings. The molecule has 0 saturated carbocycles. The molecule has 0 amide bonds. The first-order chi connectivity index (χ1) is 17.3. The van der Waals surface area contributed by atoms with Crippen LogP contribution in [0.2, 0.25) is 0 Å². The number of halogens is 2. The van der Waals surface area contributed by atoms with E-state index in [9.17, 15) is 18.8 Å². The number of carbonyl (C=O) groups is 1. The number of pyridine rings is 1. The summed E-state index contributed by atoms with van der Waals surface area (Å²) in [5, 5.41) is 12.4. The molecule has 0 radical (unpaired) electrons. The number of nitrogen functional groups attached to an aromatic ring is 1. The van der Waals surface area contributed by atoms with E-state index in [2.05, 4.69) is 20.3 Å². The summed E-state index contributed by atoms with van der Waals surface area (Å²) >= 11 is 0. The minimum Gasteiger partial charge on any atom is -0.382 e. The Morgan fingerprint density at radius 1 is 1.06 bits per heavy atom. The van der Waals surface area contributed by atoms with Gasteiger partial charge in [-0.25, -0.2) is 18.7 Å². The molecule has 2 heterocycles. The highest BCUT2D eigenvalue weighted by Gasteiger charge is 2.18. The number of anilines is 2. The van der Waals surface area contributed by atoms with Gasteiger partial charge in [0.15, 0.2) is 5.78 Å². The van der Waals surface area contributed by atoms with Gasteiger partial charge in [-0.15, -0.1) is 0 Å². The lowest BCUT2D eigenvalue weighted by molar-refractivity contribution is 0.0976. The number of aromatic nitrogens is 3. The van der Waals surface area contributed by atoms with E-state index >= 15 is 0 Å².